The number of aryl methyl sites for hydroxylation is 1. The summed E-state index contributed by atoms with van der Waals surface area (Å²) in [5.74, 6) is 1.68. The van der Waals surface area contributed by atoms with E-state index in [1.807, 2.05) is 32.0 Å². The van der Waals surface area contributed by atoms with Crippen LogP contribution < -0.4 is 14.8 Å². The number of benzene rings is 1. The second-order valence-electron chi connectivity index (χ2n) is 7.33. The monoisotopic (exact) mass is 403 g/mol. The van der Waals surface area contributed by atoms with Crippen LogP contribution in [0.2, 0.25) is 5.15 Å². The lowest BCUT2D eigenvalue weighted by Crippen LogP contribution is -2.25. The Bertz CT molecular complexity index is 889. The highest BCUT2D eigenvalue weighted by Gasteiger charge is 2.16. The van der Waals surface area contributed by atoms with Crippen LogP contribution in [0, 0.1) is 12.8 Å². The fraction of sp³-hybridized carbons (Fsp3) is 0.429. The molecule has 0 saturated carbocycles. The van der Waals surface area contributed by atoms with E-state index in [4.69, 9.17) is 21.1 Å². The third kappa shape index (κ3) is 4.68. The van der Waals surface area contributed by atoms with Crippen LogP contribution >= 0.6 is 11.6 Å². The lowest BCUT2D eigenvalue weighted by atomic mass is 10.1. The third-order valence-corrected chi connectivity index (χ3v) is 4.87. The van der Waals surface area contributed by atoms with Gasteiger partial charge in [0.25, 0.3) is 0 Å². The van der Waals surface area contributed by atoms with Gasteiger partial charge in [-0.15, -0.1) is 0 Å². The molecule has 0 saturated heterocycles. The van der Waals surface area contributed by atoms with Crippen molar-refractivity contribution in [2.24, 2.45) is 5.92 Å². The summed E-state index contributed by atoms with van der Waals surface area (Å²) in [6.07, 6.45) is 3.21. The number of hydrogen-bond acceptors (Lipinski definition) is 4. The number of amides is 1. The van der Waals surface area contributed by atoms with Crippen LogP contribution in [0.4, 0.5) is 0 Å². The molecule has 28 heavy (non-hydrogen) atoms. The maximum Gasteiger partial charge on any atom is 0.244 e. The van der Waals surface area contributed by atoms with Gasteiger partial charge in [-0.25, -0.2) is 0 Å². The van der Waals surface area contributed by atoms with Gasteiger partial charge < -0.3 is 14.8 Å². The van der Waals surface area contributed by atoms with Gasteiger partial charge in [-0.2, -0.15) is 5.10 Å². The topological polar surface area (TPSA) is 65.4 Å². The number of halogens is 1. The molecule has 6 nitrogen and oxygen atoms in total. The summed E-state index contributed by atoms with van der Waals surface area (Å²) in [5, 5.41) is 7.96. The van der Waals surface area contributed by atoms with Crippen molar-refractivity contribution >= 4 is 23.6 Å². The van der Waals surface area contributed by atoms with E-state index in [9.17, 15) is 4.79 Å². The van der Waals surface area contributed by atoms with E-state index in [1.54, 1.807) is 10.8 Å². The van der Waals surface area contributed by atoms with Crippen LogP contribution in [0.5, 0.6) is 11.5 Å². The lowest BCUT2D eigenvalue weighted by Gasteiger charge is -2.20. The van der Waals surface area contributed by atoms with Gasteiger partial charge in [0.1, 0.15) is 18.4 Å². The first-order chi connectivity index (χ1) is 13.3. The Morgan fingerprint density at radius 2 is 2.00 bits per heavy atom. The van der Waals surface area contributed by atoms with Crippen molar-refractivity contribution < 1.29 is 14.3 Å². The smallest absolute Gasteiger partial charge is 0.244 e. The number of hydrogen-bond donors (Lipinski definition) is 1. The van der Waals surface area contributed by atoms with Crippen LogP contribution in [0.15, 0.2) is 24.3 Å². The number of fused-ring (bicyclic) bond motifs is 1. The fourth-order valence-electron chi connectivity index (χ4n) is 3.06. The van der Waals surface area contributed by atoms with Crippen LogP contribution in [0.25, 0.3) is 6.08 Å². The minimum Gasteiger partial charge on any atom is -0.486 e. The number of rotatable bonds is 6. The summed E-state index contributed by atoms with van der Waals surface area (Å²) in [5.41, 5.74) is 2.52. The zero-order valence-electron chi connectivity index (χ0n) is 16.7. The van der Waals surface area contributed by atoms with Gasteiger partial charge in [0, 0.05) is 18.2 Å². The fourth-order valence-corrected chi connectivity index (χ4v) is 3.36. The molecule has 2 heterocycles. The van der Waals surface area contributed by atoms with Crippen molar-refractivity contribution in [3.63, 3.8) is 0 Å². The molecule has 2 aromatic rings. The Labute approximate surface area is 170 Å². The van der Waals surface area contributed by atoms with E-state index in [0.717, 1.165) is 29.1 Å². The molecule has 1 atom stereocenters. The van der Waals surface area contributed by atoms with E-state index in [0.29, 0.717) is 30.0 Å². The first-order valence-corrected chi connectivity index (χ1v) is 9.84. The molecule has 0 radical (unpaired) electrons. The minimum atomic E-state index is -0.200. The quantitative estimate of drug-likeness (QED) is 0.735. The Morgan fingerprint density at radius 3 is 2.71 bits per heavy atom. The SMILES string of the molecule is Cc1nn(CC(C)C)c(Cl)c1/C=C/C(=O)NC(C)c1ccc2c(c1)OCCO2. The molecular weight excluding hydrogens is 378 g/mol. The van der Waals surface area contributed by atoms with Gasteiger partial charge in [-0.05, 0) is 43.5 Å². The number of carbonyl (C=O) groups excluding carboxylic acids is 1. The Hall–Kier alpha value is -2.47. The third-order valence-electron chi connectivity index (χ3n) is 4.47. The average molecular weight is 404 g/mol. The number of carbonyl (C=O) groups is 1. The molecule has 1 aliphatic heterocycles. The standard InChI is InChI=1S/C21H26ClN3O3/c1-13(2)12-25-21(22)17(15(4)24-25)6-8-20(26)23-14(3)16-5-7-18-19(11-16)28-10-9-27-18/h5-8,11,13-14H,9-10,12H2,1-4H3,(H,23,26)/b8-6+. The van der Waals surface area contributed by atoms with Crippen LogP contribution in [-0.2, 0) is 11.3 Å². The molecular formula is C21H26ClN3O3. The highest BCUT2D eigenvalue weighted by Crippen LogP contribution is 2.32. The second kappa shape index (κ2) is 8.69. The molecule has 1 aromatic carbocycles. The summed E-state index contributed by atoms with van der Waals surface area (Å²) in [7, 11) is 0. The largest absolute Gasteiger partial charge is 0.486 e. The summed E-state index contributed by atoms with van der Waals surface area (Å²) >= 11 is 6.42. The van der Waals surface area contributed by atoms with Gasteiger partial charge in [0.05, 0.1) is 11.7 Å². The lowest BCUT2D eigenvalue weighted by molar-refractivity contribution is -0.117. The number of aromatic nitrogens is 2. The molecule has 1 N–H and O–H groups in total. The van der Waals surface area contributed by atoms with Crippen LogP contribution in [0.3, 0.4) is 0 Å². The number of nitrogens with zero attached hydrogens (tertiary/aromatic N) is 2. The molecule has 1 aromatic heterocycles. The molecule has 3 rings (SSSR count). The molecule has 0 bridgehead atoms. The molecule has 1 amide bonds. The van der Waals surface area contributed by atoms with Crippen molar-refractivity contribution in [1.82, 2.24) is 15.1 Å². The van der Waals surface area contributed by atoms with Crippen molar-refractivity contribution in [1.29, 1.82) is 0 Å². The second-order valence-corrected chi connectivity index (χ2v) is 7.69. The van der Waals surface area contributed by atoms with E-state index >= 15 is 0 Å². The predicted octanol–water partition coefficient (Wildman–Crippen LogP) is 4.16. The van der Waals surface area contributed by atoms with Crippen molar-refractivity contribution in [3.05, 3.63) is 46.2 Å². The van der Waals surface area contributed by atoms with Crippen LogP contribution in [0.1, 0.15) is 43.6 Å². The van der Waals surface area contributed by atoms with Gasteiger partial charge in [-0.1, -0.05) is 31.5 Å². The Kier molecular flexibility index (Phi) is 6.29. The normalized spacial score (nSPS) is 14.5. The van der Waals surface area contributed by atoms with Gasteiger partial charge in [0.2, 0.25) is 5.91 Å². The van der Waals surface area contributed by atoms with Crippen molar-refractivity contribution in [2.45, 2.75) is 40.3 Å². The molecule has 0 aliphatic carbocycles. The van der Waals surface area contributed by atoms with Crippen molar-refractivity contribution in [3.8, 4) is 11.5 Å². The Balaban J connectivity index is 1.66. The van der Waals surface area contributed by atoms with Crippen molar-refractivity contribution in [2.75, 3.05) is 13.2 Å². The van der Waals surface area contributed by atoms with E-state index in [-0.39, 0.29) is 11.9 Å². The molecule has 1 aliphatic rings. The van der Waals surface area contributed by atoms with Crippen LogP contribution in [-0.4, -0.2) is 28.9 Å². The highest BCUT2D eigenvalue weighted by atomic mass is 35.5. The minimum absolute atomic E-state index is 0.173. The predicted molar refractivity (Wildman–Crippen MR) is 110 cm³/mol. The summed E-state index contributed by atoms with van der Waals surface area (Å²) in [6.45, 7) is 9.85. The summed E-state index contributed by atoms with van der Waals surface area (Å²) in [4.78, 5) is 12.4. The Morgan fingerprint density at radius 1 is 1.29 bits per heavy atom. The maximum absolute atomic E-state index is 12.4. The first kappa shape index (κ1) is 20.3. The highest BCUT2D eigenvalue weighted by molar-refractivity contribution is 6.31. The number of nitrogens with one attached hydrogen (secondary N) is 1. The van der Waals surface area contributed by atoms with E-state index < -0.39 is 0 Å². The molecule has 1 unspecified atom stereocenters. The summed E-state index contributed by atoms with van der Waals surface area (Å²) < 4.78 is 12.9. The number of ether oxygens (including phenoxy) is 2. The van der Waals surface area contributed by atoms with E-state index in [2.05, 4.69) is 24.3 Å². The maximum atomic E-state index is 12.4. The average Bonchev–Trinajstić information content (AvgIpc) is 2.92. The van der Waals surface area contributed by atoms with E-state index in [1.165, 1.54) is 6.08 Å². The van der Waals surface area contributed by atoms with Gasteiger partial charge >= 0.3 is 0 Å². The molecule has 0 spiro atoms. The zero-order chi connectivity index (χ0) is 20.3. The van der Waals surface area contributed by atoms with Gasteiger partial charge in [0.15, 0.2) is 11.5 Å². The molecule has 150 valence electrons. The van der Waals surface area contributed by atoms with Gasteiger partial charge in [-0.3, -0.25) is 9.48 Å². The molecule has 7 heteroatoms. The molecule has 0 fully saturated rings. The summed E-state index contributed by atoms with van der Waals surface area (Å²) in [6, 6.07) is 5.53. The first-order valence-electron chi connectivity index (χ1n) is 9.46. The zero-order valence-corrected chi connectivity index (χ0v) is 17.4.